The van der Waals surface area contributed by atoms with Crippen LogP contribution < -0.4 is 0 Å². The number of rotatable bonds is 6. The van der Waals surface area contributed by atoms with Crippen LogP contribution in [0.4, 0.5) is 13.2 Å². The molecule has 2 aromatic rings. The van der Waals surface area contributed by atoms with E-state index in [1.54, 1.807) is 15.7 Å². The predicted octanol–water partition coefficient (Wildman–Crippen LogP) is 4.66. The first-order valence-electron chi connectivity index (χ1n) is 10.8. The lowest BCUT2D eigenvalue weighted by Gasteiger charge is -2.34. The standard InChI is InChI=1S/C23H26ClF3N4O2/c1-3-4-10-31-21(24)19(16(2)28-31)8-9-20(32)29-11-13-30(14-12-29)22(33)17-6-5-7-18(15-17)23(25,26)27/h5-9,15H,3-4,10-14H2,1-2H3. The Morgan fingerprint density at radius 1 is 1.15 bits per heavy atom. The maximum Gasteiger partial charge on any atom is 0.416 e. The molecule has 0 unspecified atom stereocenters. The lowest BCUT2D eigenvalue weighted by Crippen LogP contribution is -2.50. The van der Waals surface area contributed by atoms with Gasteiger partial charge in [0, 0.05) is 49.9 Å². The molecular weight excluding hydrogens is 457 g/mol. The topological polar surface area (TPSA) is 58.4 Å². The van der Waals surface area contributed by atoms with Crippen LogP contribution in [0.2, 0.25) is 5.15 Å². The Hall–Kier alpha value is -2.81. The van der Waals surface area contributed by atoms with Crippen molar-refractivity contribution in [3.05, 3.63) is 57.9 Å². The smallest absolute Gasteiger partial charge is 0.336 e. The van der Waals surface area contributed by atoms with Gasteiger partial charge in [0.15, 0.2) is 0 Å². The van der Waals surface area contributed by atoms with Crippen LogP contribution in [0.3, 0.4) is 0 Å². The Balaban J connectivity index is 1.59. The normalized spacial score (nSPS) is 14.8. The summed E-state index contributed by atoms with van der Waals surface area (Å²) >= 11 is 6.40. The van der Waals surface area contributed by atoms with Gasteiger partial charge in [0.2, 0.25) is 5.91 Å². The van der Waals surface area contributed by atoms with Crippen molar-refractivity contribution in [3.8, 4) is 0 Å². The largest absolute Gasteiger partial charge is 0.416 e. The second kappa shape index (κ2) is 10.4. The van der Waals surface area contributed by atoms with Crippen molar-refractivity contribution < 1.29 is 22.8 Å². The SMILES string of the molecule is CCCCn1nc(C)c(C=CC(=O)N2CCN(C(=O)c3cccc(C(F)(F)F)c3)CC2)c1Cl. The zero-order valence-electron chi connectivity index (χ0n) is 18.5. The molecule has 0 bridgehead atoms. The monoisotopic (exact) mass is 482 g/mol. The maximum absolute atomic E-state index is 12.9. The summed E-state index contributed by atoms with van der Waals surface area (Å²) in [6.45, 7) is 5.67. The first-order chi connectivity index (χ1) is 15.6. The molecule has 0 radical (unpaired) electrons. The molecule has 178 valence electrons. The Labute approximate surface area is 195 Å². The van der Waals surface area contributed by atoms with Crippen molar-refractivity contribution in [1.29, 1.82) is 0 Å². The zero-order chi connectivity index (χ0) is 24.2. The molecule has 2 amide bonds. The van der Waals surface area contributed by atoms with Gasteiger partial charge in [0.05, 0.1) is 11.3 Å². The molecule has 33 heavy (non-hydrogen) atoms. The van der Waals surface area contributed by atoms with E-state index in [-0.39, 0.29) is 37.6 Å². The summed E-state index contributed by atoms with van der Waals surface area (Å²) in [4.78, 5) is 28.3. The van der Waals surface area contributed by atoms with Crippen molar-refractivity contribution in [1.82, 2.24) is 19.6 Å². The number of benzene rings is 1. The summed E-state index contributed by atoms with van der Waals surface area (Å²) in [6, 6.07) is 4.37. The van der Waals surface area contributed by atoms with E-state index < -0.39 is 17.6 Å². The molecular formula is C23H26ClF3N4O2. The Bertz CT molecular complexity index is 1040. The minimum absolute atomic E-state index is 0.0188. The fourth-order valence-electron chi connectivity index (χ4n) is 3.61. The number of halogens is 4. The highest BCUT2D eigenvalue weighted by molar-refractivity contribution is 6.31. The molecule has 0 N–H and O–H groups in total. The van der Waals surface area contributed by atoms with Crippen LogP contribution in [0.1, 0.15) is 46.9 Å². The Morgan fingerprint density at radius 3 is 2.45 bits per heavy atom. The van der Waals surface area contributed by atoms with Gasteiger partial charge in [0.1, 0.15) is 5.15 Å². The van der Waals surface area contributed by atoms with E-state index in [0.29, 0.717) is 17.3 Å². The molecule has 0 aliphatic carbocycles. The molecule has 0 spiro atoms. The highest BCUT2D eigenvalue weighted by atomic mass is 35.5. The van der Waals surface area contributed by atoms with Crippen LogP contribution in [0, 0.1) is 6.92 Å². The summed E-state index contributed by atoms with van der Waals surface area (Å²) in [6.07, 6.45) is 0.537. The van der Waals surface area contributed by atoms with Crippen LogP contribution >= 0.6 is 11.6 Å². The van der Waals surface area contributed by atoms with E-state index in [9.17, 15) is 22.8 Å². The molecule has 1 aliphatic rings. The van der Waals surface area contributed by atoms with Crippen LogP contribution in [-0.2, 0) is 17.5 Å². The molecule has 10 heteroatoms. The number of alkyl halides is 3. The van der Waals surface area contributed by atoms with Gasteiger partial charge in [-0.15, -0.1) is 0 Å². The van der Waals surface area contributed by atoms with Crippen LogP contribution in [0.25, 0.3) is 6.08 Å². The van der Waals surface area contributed by atoms with Crippen LogP contribution in [-0.4, -0.2) is 57.6 Å². The lowest BCUT2D eigenvalue weighted by molar-refractivity contribution is -0.137. The van der Waals surface area contributed by atoms with E-state index in [1.165, 1.54) is 23.1 Å². The van der Waals surface area contributed by atoms with Gasteiger partial charge in [-0.25, -0.2) is 0 Å². The summed E-state index contributed by atoms with van der Waals surface area (Å²) in [5.41, 5.74) is 0.546. The molecule has 6 nitrogen and oxygen atoms in total. The second-order valence-electron chi connectivity index (χ2n) is 7.90. The van der Waals surface area contributed by atoms with Gasteiger partial charge in [-0.3, -0.25) is 14.3 Å². The van der Waals surface area contributed by atoms with Crippen molar-refractivity contribution in [3.63, 3.8) is 0 Å². The first kappa shape index (κ1) is 24.8. The number of hydrogen-bond donors (Lipinski definition) is 0. The first-order valence-corrected chi connectivity index (χ1v) is 11.2. The lowest BCUT2D eigenvalue weighted by atomic mass is 10.1. The van der Waals surface area contributed by atoms with Gasteiger partial charge in [0.25, 0.3) is 5.91 Å². The summed E-state index contributed by atoms with van der Waals surface area (Å²) in [5, 5.41) is 4.90. The van der Waals surface area contributed by atoms with E-state index in [1.807, 2.05) is 6.92 Å². The molecule has 1 saturated heterocycles. The highest BCUT2D eigenvalue weighted by Crippen LogP contribution is 2.30. The molecule has 1 aromatic carbocycles. The third kappa shape index (κ3) is 5.96. The number of nitrogens with zero attached hydrogens (tertiary/aromatic N) is 4. The van der Waals surface area contributed by atoms with E-state index >= 15 is 0 Å². The number of amides is 2. The summed E-state index contributed by atoms with van der Waals surface area (Å²) in [7, 11) is 0. The molecule has 2 heterocycles. The van der Waals surface area contributed by atoms with Crippen molar-refractivity contribution in [2.24, 2.45) is 0 Å². The average molecular weight is 483 g/mol. The van der Waals surface area contributed by atoms with Crippen molar-refractivity contribution in [2.45, 2.75) is 39.4 Å². The van der Waals surface area contributed by atoms with E-state index in [2.05, 4.69) is 12.0 Å². The van der Waals surface area contributed by atoms with Crippen LogP contribution in [0.15, 0.2) is 30.3 Å². The average Bonchev–Trinajstić information content (AvgIpc) is 3.07. The van der Waals surface area contributed by atoms with Crippen molar-refractivity contribution in [2.75, 3.05) is 26.2 Å². The van der Waals surface area contributed by atoms with Gasteiger partial charge in [-0.05, 0) is 37.6 Å². The third-order valence-corrected chi connectivity index (χ3v) is 5.94. The number of unbranched alkanes of at least 4 members (excludes halogenated alkanes) is 1. The van der Waals surface area contributed by atoms with Crippen LogP contribution in [0.5, 0.6) is 0 Å². The molecule has 0 saturated carbocycles. The van der Waals surface area contributed by atoms with Gasteiger partial charge < -0.3 is 9.80 Å². The molecule has 0 atom stereocenters. The number of aryl methyl sites for hydroxylation is 2. The van der Waals surface area contributed by atoms with Gasteiger partial charge >= 0.3 is 6.18 Å². The fourth-order valence-corrected chi connectivity index (χ4v) is 3.94. The number of piperazine rings is 1. The number of carbonyl (C=O) groups is 2. The minimum Gasteiger partial charge on any atom is -0.336 e. The third-order valence-electron chi connectivity index (χ3n) is 5.54. The highest BCUT2D eigenvalue weighted by Gasteiger charge is 2.32. The van der Waals surface area contributed by atoms with E-state index in [0.717, 1.165) is 30.7 Å². The van der Waals surface area contributed by atoms with Gasteiger partial charge in [-0.1, -0.05) is 31.0 Å². The molecule has 1 fully saturated rings. The summed E-state index contributed by atoms with van der Waals surface area (Å²) in [5.74, 6) is -0.705. The summed E-state index contributed by atoms with van der Waals surface area (Å²) < 4.78 is 40.5. The Kier molecular flexibility index (Phi) is 7.84. The predicted molar refractivity (Wildman–Crippen MR) is 120 cm³/mol. The number of aromatic nitrogens is 2. The molecule has 3 rings (SSSR count). The van der Waals surface area contributed by atoms with E-state index in [4.69, 9.17) is 11.6 Å². The number of carbonyl (C=O) groups excluding carboxylic acids is 2. The second-order valence-corrected chi connectivity index (χ2v) is 8.25. The molecule has 1 aliphatic heterocycles. The number of hydrogen-bond acceptors (Lipinski definition) is 3. The van der Waals surface area contributed by atoms with Gasteiger partial charge in [-0.2, -0.15) is 18.3 Å². The quantitative estimate of drug-likeness (QED) is 0.563. The molecule has 1 aromatic heterocycles. The fraction of sp³-hybridized carbons (Fsp3) is 0.435. The maximum atomic E-state index is 12.9. The Morgan fingerprint density at radius 2 is 1.82 bits per heavy atom. The van der Waals surface area contributed by atoms with Crippen molar-refractivity contribution >= 4 is 29.5 Å². The minimum atomic E-state index is -4.51. The zero-order valence-corrected chi connectivity index (χ0v) is 19.3.